The van der Waals surface area contributed by atoms with Crippen LogP contribution in [0.4, 0.5) is 0 Å². The number of nitrogens with zero attached hydrogens (tertiary/aromatic N) is 1. The van der Waals surface area contributed by atoms with E-state index in [4.69, 9.17) is 4.52 Å². The highest BCUT2D eigenvalue weighted by atomic mass is 32.2. The molecule has 5 heteroatoms. The Bertz CT molecular complexity index is 884. The molecule has 0 radical (unpaired) electrons. The first-order valence-corrected chi connectivity index (χ1v) is 11.2. The van der Waals surface area contributed by atoms with Gasteiger partial charge in [-0.25, -0.2) is 0 Å². The molecule has 0 unspecified atom stereocenters. The van der Waals surface area contributed by atoms with Crippen molar-refractivity contribution < 1.29 is 9.32 Å². The van der Waals surface area contributed by atoms with Crippen molar-refractivity contribution in [2.24, 2.45) is 16.7 Å². The maximum absolute atomic E-state index is 13.2. The van der Waals surface area contributed by atoms with Gasteiger partial charge in [-0.3, -0.25) is 4.79 Å². The predicted octanol–water partition coefficient (Wildman–Crippen LogP) is 5.53. The van der Waals surface area contributed by atoms with Gasteiger partial charge in [-0.05, 0) is 62.0 Å². The van der Waals surface area contributed by atoms with Crippen molar-refractivity contribution >= 4 is 17.7 Å². The normalized spacial score (nSPS) is 27.9. The molecule has 1 aromatic carbocycles. The second-order valence-corrected chi connectivity index (χ2v) is 10.2. The molecule has 2 aliphatic carbocycles. The van der Waals surface area contributed by atoms with Crippen LogP contribution in [0.1, 0.15) is 67.4 Å². The summed E-state index contributed by atoms with van der Waals surface area (Å²) in [6, 6.07) is 8.17. The van der Waals surface area contributed by atoms with E-state index in [0.29, 0.717) is 11.3 Å². The first kappa shape index (κ1) is 19.6. The third-order valence-electron chi connectivity index (χ3n) is 7.78. The van der Waals surface area contributed by atoms with Crippen LogP contribution in [0.3, 0.4) is 0 Å². The lowest BCUT2D eigenvalue weighted by atomic mass is 9.69. The number of aryl methyl sites for hydroxylation is 2. The zero-order valence-corrected chi connectivity index (χ0v) is 18.3. The molecule has 150 valence electrons. The van der Waals surface area contributed by atoms with E-state index in [1.807, 2.05) is 38.1 Å². The molecular weight excluding hydrogens is 368 g/mol. The minimum atomic E-state index is 0.0523. The summed E-state index contributed by atoms with van der Waals surface area (Å²) in [5, 5.41) is 7.43. The lowest BCUT2D eigenvalue weighted by Crippen LogP contribution is -2.47. The topological polar surface area (TPSA) is 55.1 Å². The van der Waals surface area contributed by atoms with Crippen LogP contribution in [0.2, 0.25) is 0 Å². The van der Waals surface area contributed by atoms with Crippen LogP contribution >= 0.6 is 11.8 Å². The molecule has 1 amide bonds. The van der Waals surface area contributed by atoms with Crippen molar-refractivity contribution in [2.75, 3.05) is 0 Å². The number of amides is 1. The van der Waals surface area contributed by atoms with Crippen LogP contribution in [0.25, 0.3) is 0 Å². The van der Waals surface area contributed by atoms with E-state index >= 15 is 0 Å². The molecule has 4 rings (SSSR count). The number of nitrogens with one attached hydrogen (secondary N) is 1. The van der Waals surface area contributed by atoms with E-state index in [0.717, 1.165) is 39.7 Å². The fourth-order valence-corrected chi connectivity index (χ4v) is 6.50. The van der Waals surface area contributed by atoms with Gasteiger partial charge in [0, 0.05) is 22.3 Å². The molecule has 4 nitrogen and oxygen atoms in total. The molecular formula is C23H30N2O2S. The summed E-state index contributed by atoms with van der Waals surface area (Å²) >= 11 is 1.67. The summed E-state index contributed by atoms with van der Waals surface area (Å²) in [5.74, 6) is 2.37. The van der Waals surface area contributed by atoms with Gasteiger partial charge < -0.3 is 9.84 Å². The molecule has 2 fully saturated rings. The van der Waals surface area contributed by atoms with Crippen molar-refractivity contribution in [2.45, 2.75) is 70.6 Å². The average Bonchev–Trinajstić information content (AvgIpc) is 3.17. The Morgan fingerprint density at radius 2 is 2.04 bits per heavy atom. The third-order valence-corrected chi connectivity index (χ3v) is 8.88. The van der Waals surface area contributed by atoms with E-state index in [1.165, 1.54) is 12.8 Å². The molecule has 0 saturated heterocycles. The molecule has 3 atom stereocenters. The van der Waals surface area contributed by atoms with Crippen LogP contribution < -0.4 is 5.32 Å². The van der Waals surface area contributed by atoms with Crippen LogP contribution in [-0.4, -0.2) is 17.1 Å². The van der Waals surface area contributed by atoms with Crippen LogP contribution in [0.5, 0.6) is 0 Å². The quantitative estimate of drug-likeness (QED) is 0.673. The highest BCUT2D eigenvalue weighted by Crippen LogP contribution is 2.65. The summed E-state index contributed by atoms with van der Waals surface area (Å²) in [4.78, 5) is 14.2. The van der Waals surface area contributed by atoms with Gasteiger partial charge in [-0.15, -0.1) is 11.8 Å². The standard InChI is InChI=1S/C23H30N2O2S/c1-14-18(15(2)27-25-14)13-28-19-9-7-6-8-17(19)21(26)24-20-12-16-10-11-23(20,5)22(16,3)4/h6-9,16,20H,10-13H2,1-5H3,(H,24,26)/t16-,20+,23-/m1/s1. The molecule has 28 heavy (non-hydrogen) atoms. The van der Waals surface area contributed by atoms with Gasteiger partial charge in [0.05, 0.1) is 11.3 Å². The number of carbonyl (C=O) groups is 1. The Hall–Kier alpha value is -1.75. The summed E-state index contributed by atoms with van der Waals surface area (Å²) < 4.78 is 5.27. The molecule has 1 aromatic heterocycles. The SMILES string of the molecule is Cc1noc(C)c1CSc1ccccc1C(=O)N[C@H]1C[C@H]2CC[C@@]1(C)C2(C)C. The molecule has 0 spiro atoms. The van der Waals surface area contributed by atoms with E-state index in [2.05, 4.69) is 31.2 Å². The number of fused-ring (bicyclic) bond motifs is 2. The molecule has 1 N–H and O–H groups in total. The monoisotopic (exact) mass is 398 g/mol. The van der Waals surface area contributed by atoms with E-state index in [1.54, 1.807) is 11.8 Å². The van der Waals surface area contributed by atoms with E-state index in [9.17, 15) is 4.79 Å². The fraction of sp³-hybridized carbons (Fsp3) is 0.565. The van der Waals surface area contributed by atoms with E-state index in [-0.39, 0.29) is 17.4 Å². The van der Waals surface area contributed by atoms with Crippen molar-refractivity contribution in [3.63, 3.8) is 0 Å². The van der Waals surface area contributed by atoms with Crippen LogP contribution in [-0.2, 0) is 5.75 Å². The van der Waals surface area contributed by atoms with Gasteiger partial charge in [0.15, 0.2) is 0 Å². The highest BCUT2D eigenvalue weighted by molar-refractivity contribution is 7.98. The molecule has 2 saturated carbocycles. The Labute approximate surface area is 171 Å². The lowest BCUT2D eigenvalue weighted by molar-refractivity contribution is 0.0823. The molecule has 0 aliphatic heterocycles. The zero-order valence-electron chi connectivity index (χ0n) is 17.5. The smallest absolute Gasteiger partial charge is 0.252 e. The average molecular weight is 399 g/mol. The molecule has 2 aromatic rings. The van der Waals surface area contributed by atoms with Crippen LogP contribution in [0.15, 0.2) is 33.7 Å². The van der Waals surface area contributed by atoms with Gasteiger partial charge in [-0.2, -0.15) is 0 Å². The minimum absolute atomic E-state index is 0.0523. The number of thioether (sulfide) groups is 1. The van der Waals surface area contributed by atoms with Crippen molar-refractivity contribution in [3.05, 3.63) is 46.8 Å². The lowest BCUT2D eigenvalue weighted by Gasteiger charge is -2.39. The highest BCUT2D eigenvalue weighted by Gasteiger charge is 2.61. The van der Waals surface area contributed by atoms with Crippen molar-refractivity contribution in [1.29, 1.82) is 0 Å². The first-order chi connectivity index (χ1) is 13.2. The second kappa shape index (κ2) is 6.94. The number of hydrogen-bond acceptors (Lipinski definition) is 4. The van der Waals surface area contributed by atoms with Crippen molar-refractivity contribution in [3.8, 4) is 0 Å². The molecule has 2 bridgehead atoms. The van der Waals surface area contributed by atoms with Gasteiger partial charge >= 0.3 is 0 Å². The van der Waals surface area contributed by atoms with Gasteiger partial charge in [-0.1, -0.05) is 38.1 Å². The summed E-state index contributed by atoms with van der Waals surface area (Å²) in [5.41, 5.74) is 3.28. The number of rotatable bonds is 5. The largest absolute Gasteiger partial charge is 0.361 e. The maximum atomic E-state index is 13.2. The fourth-order valence-electron chi connectivity index (χ4n) is 5.30. The minimum Gasteiger partial charge on any atom is -0.361 e. The second-order valence-electron chi connectivity index (χ2n) is 9.22. The molecule has 1 heterocycles. The number of hydrogen-bond donors (Lipinski definition) is 1. The van der Waals surface area contributed by atoms with Gasteiger partial charge in [0.2, 0.25) is 0 Å². The third kappa shape index (κ3) is 2.99. The molecule has 2 aliphatic rings. The summed E-state index contributed by atoms with van der Waals surface area (Å²) in [7, 11) is 0. The van der Waals surface area contributed by atoms with Gasteiger partial charge in [0.25, 0.3) is 5.91 Å². The number of carbonyl (C=O) groups excluding carboxylic acids is 1. The summed E-state index contributed by atoms with van der Waals surface area (Å²) in [6.07, 6.45) is 3.60. The number of aromatic nitrogens is 1. The Kier molecular flexibility index (Phi) is 4.85. The van der Waals surface area contributed by atoms with Gasteiger partial charge in [0.1, 0.15) is 5.76 Å². The maximum Gasteiger partial charge on any atom is 0.252 e. The van der Waals surface area contributed by atoms with Crippen molar-refractivity contribution in [1.82, 2.24) is 10.5 Å². The zero-order chi connectivity index (χ0) is 20.1. The Morgan fingerprint density at radius 3 is 2.64 bits per heavy atom. The van der Waals surface area contributed by atoms with Crippen LogP contribution in [0, 0.1) is 30.6 Å². The number of benzene rings is 1. The van der Waals surface area contributed by atoms with E-state index < -0.39 is 0 Å². The Balaban J connectivity index is 1.50. The predicted molar refractivity (Wildman–Crippen MR) is 112 cm³/mol. The first-order valence-electron chi connectivity index (χ1n) is 10.2. The summed E-state index contributed by atoms with van der Waals surface area (Å²) in [6.45, 7) is 11.0. The Morgan fingerprint density at radius 1 is 1.29 bits per heavy atom.